The summed E-state index contributed by atoms with van der Waals surface area (Å²) in [5, 5.41) is 9.75. The predicted molar refractivity (Wildman–Crippen MR) is 74.5 cm³/mol. The van der Waals surface area contributed by atoms with Crippen LogP contribution in [-0.4, -0.2) is 34.1 Å². The molecule has 110 valence electrons. The van der Waals surface area contributed by atoms with E-state index in [2.05, 4.69) is 25.8 Å². The first-order chi connectivity index (χ1) is 10.3. The standard InChI is InChI=1S/C14H17N5O2/c20-13(17-9-6-10-4-1-2-7-15-10)12-18-14(21-19-12)11-5-3-8-16-11/h1-2,4,7,11,16H,3,5-6,8-9H2,(H,17,20). The molecule has 2 aromatic heterocycles. The minimum atomic E-state index is -0.320. The molecule has 0 radical (unpaired) electrons. The third-order valence-corrected chi connectivity index (χ3v) is 3.40. The maximum absolute atomic E-state index is 11.9. The number of rotatable bonds is 5. The summed E-state index contributed by atoms with van der Waals surface area (Å²) >= 11 is 0. The van der Waals surface area contributed by atoms with Crippen molar-refractivity contribution in [1.82, 2.24) is 25.8 Å². The lowest BCUT2D eigenvalue weighted by Crippen LogP contribution is -2.27. The number of nitrogens with zero attached hydrogens (tertiary/aromatic N) is 3. The summed E-state index contributed by atoms with van der Waals surface area (Å²) in [6, 6.07) is 5.78. The number of amides is 1. The topological polar surface area (TPSA) is 92.9 Å². The molecule has 21 heavy (non-hydrogen) atoms. The van der Waals surface area contributed by atoms with E-state index in [0.717, 1.165) is 25.1 Å². The molecule has 3 heterocycles. The van der Waals surface area contributed by atoms with Gasteiger partial charge in [-0.15, -0.1) is 0 Å². The van der Waals surface area contributed by atoms with Gasteiger partial charge in [0.1, 0.15) is 0 Å². The average Bonchev–Trinajstić information content (AvgIpc) is 3.19. The van der Waals surface area contributed by atoms with E-state index < -0.39 is 0 Å². The average molecular weight is 287 g/mol. The smallest absolute Gasteiger partial charge is 0.292 e. The largest absolute Gasteiger partial charge is 0.349 e. The number of nitrogens with one attached hydrogen (secondary N) is 2. The third-order valence-electron chi connectivity index (χ3n) is 3.40. The fraction of sp³-hybridized carbons (Fsp3) is 0.429. The number of hydrogen-bond donors (Lipinski definition) is 2. The van der Waals surface area contributed by atoms with Crippen LogP contribution in [0.5, 0.6) is 0 Å². The number of hydrogen-bond acceptors (Lipinski definition) is 6. The second-order valence-corrected chi connectivity index (χ2v) is 4.93. The minimum Gasteiger partial charge on any atom is -0.349 e. The minimum absolute atomic E-state index is 0.0765. The summed E-state index contributed by atoms with van der Waals surface area (Å²) in [4.78, 5) is 20.3. The highest BCUT2D eigenvalue weighted by Gasteiger charge is 2.24. The summed E-state index contributed by atoms with van der Waals surface area (Å²) in [6.07, 6.45) is 4.44. The molecule has 1 saturated heterocycles. The summed E-state index contributed by atoms with van der Waals surface area (Å²) in [6.45, 7) is 1.43. The molecule has 7 heteroatoms. The van der Waals surface area contributed by atoms with Crippen LogP contribution < -0.4 is 10.6 Å². The van der Waals surface area contributed by atoms with E-state index in [9.17, 15) is 4.79 Å². The zero-order chi connectivity index (χ0) is 14.5. The van der Waals surface area contributed by atoms with Crippen molar-refractivity contribution < 1.29 is 9.32 Å². The Morgan fingerprint density at radius 1 is 1.48 bits per heavy atom. The maximum Gasteiger partial charge on any atom is 0.292 e. The van der Waals surface area contributed by atoms with E-state index in [1.54, 1.807) is 6.20 Å². The predicted octanol–water partition coefficient (Wildman–Crippen LogP) is 0.862. The molecule has 0 bridgehead atoms. The second kappa shape index (κ2) is 6.45. The Morgan fingerprint density at radius 3 is 3.19 bits per heavy atom. The molecule has 1 aliphatic rings. The number of carbonyl (C=O) groups is 1. The Hall–Kier alpha value is -2.28. The molecule has 0 aromatic carbocycles. The molecule has 1 fully saturated rings. The van der Waals surface area contributed by atoms with E-state index in [1.807, 2.05) is 18.2 Å². The monoisotopic (exact) mass is 287 g/mol. The molecule has 2 N–H and O–H groups in total. The molecular weight excluding hydrogens is 270 g/mol. The molecule has 7 nitrogen and oxygen atoms in total. The van der Waals surface area contributed by atoms with Crippen LogP contribution in [0, 0.1) is 0 Å². The van der Waals surface area contributed by atoms with Crippen molar-refractivity contribution in [1.29, 1.82) is 0 Å². The zero-order valence-corrected chi connectivity index (χ0v) is 11.6. The lowest BCUT2D eigenvalue weighted by atomic mass is 10.2. The number of aromatic nitrogens is 3. The Bertz CT molecular complexity index is 592. The lowest BCUT2D eigenvalue weighted by Gasteiger charge is -2.02. The molecule has 1 amide bonds. The summed E-state index contributed by atoms with van der Waals surface area (Å²) in [7, 11) is 0. The Labute approximate surface area is 122 Å². The third kappa shape index (κ3) is 3.43. The van der Waals surface area contributed by atoms with Gasteiger partial charge in [-0.05, 0) is 31.5 Å². The maximum atomic E-state index is 11.9. The van der Waals surface area contributed by atoms with Gasteiger partial charge in [0.05, 0.1) is 6.04 Å². The van der Waals surface area contributed by atoms with Gasteiger partial charge in [-0.1, -0.05) is 11.2 Å². The second-order valence-electron chi connectivity index (χ2n) is 4.93. The highest BCUT2D eigenvalue weighted by Crippen LogP contribution is 2.20. The van der Waals surface area contributed by atoms with Crippen LogP contribution in [0.3, 0.4) is 0 Å². The van der Waals surface area contributed by atoms with Crippen molar-refractivity contribution in [3.8, 4) is 0 Å². The Balaban J connectivity index is 1.51. The molecular formula is C14H17N5O2. The molecule has 1 atom stereocenters. The number of pyridine rings is 1. The van der Waals surface area contributed by atoms with Crippen LogP contribution in [0.2, 0.25) is 0 Å². The van der Waals surface area contributed by atoms with Crippen molar-refractivity contribution in [3.05, 3.63) is 41.8 Å². The molecule has 0 spiro atoms. The highest BCUT2D eigenvalue weighted by molar-refractivity contribution is 5.90. The quantitative estimate of drug-likeness (QED) is 0.847. The van der Waals surface area contributed by atoms with Gasteiger partial charge in [-0.3, -0.25) is 9.78 Å². The van der Waals surface area contributed by atoms with Crippen molar-refractivity contribution in [2.24, 2.45) is 0 Å². The molecule has 0 saturated carbocycles. The van der Waals surface area contributed by atoms with E-state index in [-0.39, 0.29) is 17.8 Å². The van der Waals surface area contributed by atoms with E-state index >= 15 is 0 Å². The SMILES string of the molecule is O=C(NCCc1ccccn1)c1noc(C2CCCN2)n1. The van der Waals surface area contributed by atoms with Crippen LogP contribution in [0.15, 0.2) is 28.9 Å². The van der Waals surface area contributed by atoms with Gasteiger partial charge < -0.3 is 15.2 Å². The van der Waals surface area contributed by atoms with Gasteiger partial charge in [0.2, 0.25) is 5.89 Å². The van der Waals surface area contributed by atoms with Crippen LogP contribution in [-0.2, 0) is 6.42 Å². The normalized spacial score (nSPS) is 17.8. The van der Waals surface area contributed by atoms with Crippen molar-refractivity contribution in [2.75, 3.05) is 13.1 Å². The van der Waals surface area contributed by atoms with Gasteiger partial charge in [0.15, 0.2) is 0 Å². The van der Waals surface area contributed by atoms with Crippen LogP contribution in [0.1, 0.15) is 41.1 Å². The van der Waals surface area contributed by atoms with E-state index in [4.69, 9.17) is 4.52 Å². The van der Waals surface area contributed by atoms with Gasteiger partial charge in [0.25, 0.3) is 11.7 Å². The lowest BCUT2D eigenvalue weighted by molar-refractivity contribution is 0.0940. The van der Waals surface area contributed by atoms with Gasteiger partial charge in [-0.2, -0.15) is 4.98 Å². The van der Waals surface area contributed by atoms with Crippen LogP contribution in [0.25, 0.3) is 0 Å². The van der Waals surface area contributed by atoms with Crippen molar-refractivity contribution >= 4 is 5.91 Å². The van der Waals surface area contributed by atoms with Gasteiger partial charge in [0, 0.05) is 24.9 Å². The molecule has 3 rings (SSSR count). The van der Waals surface area contributed by atoms with Gasteiger partial charge in [-0.25, -0.2) is 0 Å². The van der Waals surface area contributed by atoms with Crippen molar-refractivity contribution in [3.63, 3.8) is 0 Å². The van der Waals surface area contributed by atoms with Crippen LogP contribution in [0.4, 0.5) is 0 Å². The van der Waals surface area contributed by atoms with Crippen molar-refractivity contribution in [2.45, 2.75) is 25.3 Å². The summed E-state index contributed by atoms with van der Waals surface area (Å²) < 4.78 is 5.14. The number of carbonyl (C=O) groups excluding carboxylic acids is 1. The van der Waals surface area contributed by atoms with E-state index in [1.165, 1.54) is 0 Å². The molecule has 2 aromatic rings. The summed E-state index contributed by atoms with van der Waals surface area (Å²) in [5.41, 5.74) is 0.932. The van der Waals surface area contributed by atoms with E-state index in [0.29, 0.717) is 18.9 Å². The molecule has 1 unspecified atom stereocenters. The fourth-order valence-electron chi connectivity index (χ4n) is 2.29. The van der Waals surface area contributed by atoms with Gasteiger partial charge >= 0.3 is 0 Å². The van der Waals surface area contributed by atoms with Crippen LogP contribution >= 0.6 is 0 Å². The highest BCUT2D eigenvalue weighted by atomic mass is 16.5. The molecule has 1 aliphatic heterocycles. The Kier molecular flexibility index (Phi) is 4.20. The first kappa shape index (κ1) is 13.7. The molecule has 0 aliphatic carbocycles. The first-order valence-electron chi connectivity index (χ1n) is 7.08. The fourth-order valence-corrected chi connectivity index (χ4v) is 2.29. The summed E-state index contributed by atoms with van der Waals surface area (Å²) in [5.74, 6) is 0.251. The first-order valence-corrected chi connectivity index (χ1v) is 7.08. The zero-order valence-electron chi connectivity index (χ0n) is 11.6. The Morgan fingerprint density at radius 2 is 2.43 bits per heavy atom.